The third-order valence-electron chi connectivity index (χ3n) is 4.73. The van der Waals surface area contributed by atoms with Gasteiger partial charge in [0.1, 0.15) is 0 Å². The SMILES string of the molecule is COc1ccc2c(c1O)C1(C=CC(=O)CC1)CCN(C)C2. The molecule has 1 aromatic rings. The number of allylic oxidation sites excluding steroid dienone is 2. The predicted molar refractivity (Wildman–Crippen MR) is 80.7 cm³/mol. The largest absolute Gasteiger partial charge is 0.504 e. The fraction of sp³-hybridized carbons (Fsp3) is 0.471. The van der Waals surface area contributed by atoms with Crippen molar-refractivity contribution in [3.8, 4) is 11.5 Å². The Morgan fingerprint density at radius 3 is 2.81 bits per heavy atom. The smallest absolute Gasteiger partial charge is 0.162 e. The van der Waals surface area contributed by atoms with Gasteiger partial charge in [-0.05, 0) is 44.1 Å². The van der Waals surface area contributed by atoms with Crippen molar-refractivity contribution in [2.45, 2.75) is 31.2 Å². The second-order valence-corrected chi connectivity index (χ2v) is 6.09. The third kappa shape index (κ3) is 2.33. The lowest BCUT2D eigenvalue weighted by Gasteiger charge is -2.34. The monoisotopic (exact) mass is 287 g/mol. The maximum Gasteiger partial charge on any atom is 0.162 e. The lowest BCUT2D eigenvalue weighted by molar-refractivity contribution is -0.115. The second-order valence-electron chi connectivity index (χ2n) is 6.09. The van der Waals surface area contributed by atoms with Gasteiger partial charge in [0.15, 0.2) is 17.3 Å². The summed E-state index contributed by atoms with van der Waals surface area (Å²) in [4.78, 5) is 13.8. The van der Waals surface area contributed by atoms with Gasteiger partial charge in [-0.2, -0.15) is 0 Å². The fourth-order valence-electron chi connectivity index (χ4n) is 3.53. The minimum absolute atomic E-state index is 0.169. The average molecular weight is 287 g/mol. The van der Waals surface area contributed by atoms with Gasteiger partial charge in [-0.25, -0.2) is 0 Å². The molecule has 21 heavy (non-hydrogen) atoms. The van der Waals surface area contributed by atoms with Crippen LogP contribution in [-0.4, -0.2) is 36.5 Å². The van der Waals surface area contributed by atoms with Crippen molar-refractivity contribution >= 4 is 5.78 Å². The van der Waals surface area contributed by atoms with E-state index in [-0.39, 0.29) is 16.9 Å². The van der Waals surface area contributed by atoms with E-state index in [2.05, 4.69) is 11.9 Å². The fourth-order valence-corrected chi connectivity index (χ4v) is 3.53. The summed E-state index contributed by atoms with van der Waals surface area (Å²) >= 11 is 0. The molecule has 112 valence electrons. The Kier molecular flexibility index (Phi) is 3.49. The number of methoxy groups -OCH3 is 1. The van der Waals surface area contributed by atoms with E-state index in [0.717, 1.165) is 37.1 Å². The van der Waals surface area contributed by atoms with Crippen LogP contribution in [-0.2, 0) is 16.8 Å². The molecule has 0 bridgehead atoms. The minimum Gasteiger partial charge on any atom is -0.504 e. The number of ketones is 1. The third-order valence-corrected chi connectivity index (χ3v) is 4.73. The van der Waals surface area contributed by atoms with Crippen LogP contribution < -0.4 is 4.74 Å². The molecular formula is C17H21NO3. The normalized spacial score (nSPS) is 25.7. The lowest BCUT2D eigenvalue weighted by atomic mass is 9.69. The van der Waals surface area contributed by atoms with Gasteiger partial charge in [0, 0.05) is 23.9 Å². The molecular weight excluding hydrogens is 266 g/mol. The maximum absolute atomic E-state index is 11.6. The van der Waals surface area contributed by atoms with Crippen molar-refractivity contribution in [3.05, 3.63) is 35.4 Å². The van der Waals surface area contributed by atoms with Crippen molar-refractivity contribution in [3.63, 3.8) is 0 Å². The highest BCUT2D eigenvalue weighted by molar-refractivity contribution is 5.91. The number of fused-ring (bicyclic) bond motifs is 2. The van der Waals surface area contributed by atoms with Crippen LogP contribution in [0.5, 0.6) is 11.5 Å². The number of carbonyl (C=O) groups is 1. The van der Waals surface area contributed by atoms with Crippen LogP contribution in [0.15, 0.2) is 24.3 Å². The van der Waals surface area contributed by atoms with Crippen molar-refractivity contribution in [1.29, 1.82) is 0 Å². The Hall–Kier alpha value is -1.81. The van der Waals surface area contributed by atoms with Crippen molar-refractivity contribution < 1.29 is 14.6 Å². The van der Waals surface area contributed by atoms with Crippen LogP contribution in [0.25, 0.3) is 0 Å². The molecule has 1 heterocycles. The molecule has 1 unspecified atom stereocenters. The van der Waals surface area contributed by atoms with Gasteiger partial charge in [-0.15, -0.1) is 0 Å². The zero-order valence-electron chi connectivity index (χ0n) is 12.6. The highest BCUT2D eigenvalue weighted by Crippen LogP contribution is 2.48. The first-order chi connectivity index (χ1) is 10.1. The van der Waals surface area contributed by atoms with Crippen molar-refractivity contribution in [1.82, 2.24) is 4.90 Å². The zero-order valence-corrected chi connectivity index (χ0v) is 12.6. The topological polar surface area (TPSA) is 49.8 Å². The van der Waals surface area contributed by atoms with Crippen molar-refractivity contribution in [2.75, 3.05) is 20.7 Å². The summed E-state index contributed by atoms with van der Waals surface area (Å²) < 4.78 is 5.28. The highest BCUT2D eigenvalue weighted by Gasteiger charge is 2.39. The molecule has 1 aliphatic heterocycles. The molecule has 0 fully saturated rings. The number of aromatic hydroxyl groups is 1. The molecule has 0 radical (unpaired) electrons. The number of nitrogens with zero attached hydrogens (tertiary/aromatic N) is 1. The van der Waals surface area contributed by atoms with Crippen LogP contribution in [0, 0.1) is 0 Å². The Labute approximate surface area is 125 Å². The van der Waals surface area contributed by atoms with Gasteiger partial charge in [0.25, 0.3) is 0 Å². The number of phenols is 1. The van der Waals surface area contributed by atoms with E-state index in [1.54, 1.807) is 13.2 Å². The van der Waals surface area contributed by atoms with Gasteiger partial charge in [-0.1, -0.05) is 12.1 Å². The molecule has 4 heteroatoms. The number of ether oxygens (including phenoxy) is 1. The number of rotatable bonds is 1. The van der Waals surface area contributed by atoms with Gasteiger partial charge in [-0.3, -0.25) is 4.79 Å². The van der Waals surface area contributed by atoms with Crippen LogP contribution in [0.2, 0.25) is 0 Å². The van der Waals surface area contributed by atoms with Gasteiger partial charge in [0.2, 0.25) is 0 Å². The van der Waals surface area contributed by atoms with E-state index < -0.39 is 0 Å². The number of hydrogen-bond acceptors (Lipinski definition) is 4. The first-order valence-corrected chi connectivity index (χ1v) is 7.36. The molecule has 1 N–H and O–H groups in total. The molecule has 0 aromatic heterocycles. The number of carbonyl (C=O) groups excluding carboxylic acids is 1. The summed E-state index contributed by atoms with van der Waals surface area (Å²) in [5, 5.41) is 10.7. The van der Waals surface area contributed by atoms with E-state index in [4.69, 9.17) is 4.74 Å². The average Bonchev–Trinajstić information content (AvgIpc) is 2.61. The molecule has 3 rings (SSSR count). The van der Waals surface area contributed by atoms with E-state index >= 15 is 0 Å². The molecule has 1 aliphatic carbocycles. The molecule has 0 saturated heterocycles. The molecule has 1 spiro atoms. The Balaban J connectivity index is 2.20. The van der Waals surface area contributed by atoms with Gasteiger partial charge in [0.05, 0.1) is 7.11 Å². The summed E-state index contributed by atoms with van der Waals surface area (Å²) in [6.45, 7) is 1.74. The van der Waals surface area contributed by atoms with Crippen LogP contribution in [0.4, 0.5) is 0 Å². The quantitative estimate of drug-likeness (QED) is 0.861. The molecule has 1 atom stereocenters. The van der Waals surface area contributed by atoms with Crippen LogP contribution in [0.1, 0.15) is 30.4 Å². The molecule has 2 aliphatic rings. The van der Waals surface area contributed by atoms with Crippen molar-refractivity contribution in [2.24, 2.45) is 0 Å². The minimum atomic E-state index is -0.257. The molecule has 0 saturated carbocycles. The van der Waals surface area contributed by atoms with Crippen LogP contribution in [0.3, 0.4) is 0 Å². The van der Waals surface area contributed by atoms with E-state index in [1.807, 2.05) is 18.2 Å². The Bertz CT molecular complexity index is 608. The van der Waals surface area contributed by atoms with E-state index in [0.29, 0.717) is 12.2 Å². The zero-order chi connectivity index (χ0) is 15.0. The number of phenolic OH excluding ortho intramolecular Hbond substituents is 1. The second kappa shape index (κ2) is 5.19. The predicted octanol–water partition coefficient (Wildman–Crippen LogP) is 2.39. The Morgan fingerprint density at radius 2 is 2.14 bits per heavy atom. The highest BCUT2D eigenvalue weighted by atomic mass is 16.5. The number of benzene rings is 1. The standard InChI is InChI=1S/C17H21NO3/c1-18-10-9-17(7-5-13(19)6-8-17)15-12(11-18)3-4-14(21-2)16(15)20/h3-5,7,20H,6,8-11H2,1-2H3. The van der Waals surface area contributed by atoms with Gasteiger partial charge < -0.3 is 14.7 Å². The lowest BCUT2D eigenvalue weighted by Crippen LogP contribution is -2.30. The van der Waals surface area contributed by atoms with E-state index in [1.165, 1.54) is 0 Å². The summed E-state index contributed by atoms with van der Waals surface area (Å²) in [7, 11) is 3.65. The summed E-state index contributed by atoms with van der Waals surface area (Å²) in [6, 6.07) is 3.85. The summed E-state index contributed by atoms with van der Waals surface area (Å²) in [5.74, 6) is 0.898. The molecule has 0 amide bonds. The molecule has 1 aromatic carbocycles. The summed E-state index contributed by atoms with van der Waals surface area (Å²) in [6.07, 6.45) is 5.87. The molecule has 4 nitrogen and oxygen atoms in total. The Morgan fingerprint density at radius 1 is 1.33 bits per heavy atom. The summed E-state index contributed by atoms with van der Waals surface area (Å²) in [5.41, 5.74) is 1.80. The first-order valence-electron chi connectivity index (χ1n) is 7.36. The van der Waals surface area contributed by atoms with Crippen LogP contribution >= 0.6 is 0 Å². The van der Waals surface area contributed by atoms with Gasteiger partial charge >= 0.3 is 0 Å². The van der Waals surface area contributed by atoms with E-state index in [9.17, 15) is 9.90 Å². The number of hydrogen-bond donors (Lipinski definition) is 1. The first kappa shape index (κ1) is 14.1. The maximum atomic E-state index is 11.6.